The van der Waals surface area contributed by atoms with Crippen LogP contribution < -0.4 is 5.32 Å². The molecule has 1 aliphatic rings. The van der Waals surface area contributed by atoms with E-state index in [2.05, 4.69) is 5.32 Å². The summed E-state index contributed by atoms with van der Waals surface area (Å²) in [5.41, 5.74) is 4.06. The summed E-state index contributed by atoms with van der Waals surface area (Å²) < 4.78 is 0. The van der Waals surface area contributed by atoms with Gasteiger partial charge in [0.05, 0.1) is 12.1 Å². The summed E-state index contributed by atoms with van der Waals surface area (Å²) in [6, 6.07) is 24.1. The van der Waals surface area contributed by atoms with Gasteiger partial charge in [0.1, 0.15) is 5.70 Å². The molecule has 3 aromatic rings. The van der Waals surface area contributed by atoms with Crippen LogP contribution in [0.15, 0.2) is 84.6 Å². The van der Waals surface area contributed by atoms with Gasteiger partial charge in [-0.05, 0) is 42.3 Å². The molecule has 1 aliphatic heterocycles. The van der Waals surface area contributed by atoms with Crippen LogP contribution in [0.25, 0.3) is 5.57 Å². The maximum Gasteiger partial charge on any atom is 0.278 e. The number of rotatable bonds is 5. The molecule has 4 rings (SSSR count). The molecule has 5 heteroatoms. The Bertz CT molecular complexity index is 1090. The highest BCUT2D eigenvalue weighted by molar-refractivity contribution is 6.36. The summed E-state index contributed by atoms with van der Waals surface area (Å²) in [4.78, 5) is 27.7. The van der Waals surface area contributed by atoms with Crippen molar-refractivity contribution >= 4 is 34.7 Å². The fraction of sp³-hybridized carbons (Fsp3) is 0.0833. The van der Waals surface area contributed by atoms with Gasteiger partial charge in [0.2, 0.25) is 0 Å². The zero-order chi connectivity index (χ0) is 20.4. The maximum absolute atomic E-state index is 13.3. The molecule has 0 bridgehead atoms. The Morgan fingerprint density at radius 2 is 1.48 bits per heavy atom. The van der Waals surface area contributed by atoms with Crippen LogP contribution in [-0.2, 0) is 16.1 Å². The average Bonchev–Trinajstić information content (AvgIpc) is 2.95. The van der Waals surface area contributed by atoms with E-state index in [0.29, 0.717) is 21.9 Å². The third-order valence-electron chi connectivity index (χ3n) is 4.81. The van der Waals surface area contributed by atoms with E-state index in [1.54, 1.807) is 12.1 Å². The quantitative estimate of drug-likeness (QED) is 0.608. The number of carbonyl (C=O) groups is 2. The van der Waals surface area contributed by atoms with Gasteiger partial charge in [-0.2, -0.15) is 0 Å². The van der Waals surface area contributed by atoms with E-state index in [1.165, 1.54) is 4.90 Å². The van der Waals surface area contributed by atoms with Gasteiger partial charge in [0.25, 0.3) is 11.8 Å². The summed E-state index contributed by atoms with van der Waals surface area (Å²) in [5.74, 6) is -0.656. The molecule has 0 atom stereocenters. The number of anilines is 1. The Hall–Kier alpha value is -3.37. The second-order valence-electron chi connectivity index (χ2n) is 6.93. The van der Waals surface area contributed by atoms with Crippen LogP contribution in [0.4, 0.5) is 5.69 Å². The first-order chi connectivity index (χ1) is 14.0. The number of amides is 2. The van der Waals surface area contributed by atoms with Crippen LogP contribution in [0, 0.1) is 6.92 Å². The fourth-order valence-corrected chi connectivity index (χ4v) is 3.39. The van der Waals surface area contributed by atoms with E-state index in [-0.39, 0.29) is 18.4 Å². The summed E-state index contributed by atoms with van der Waals surface area (Å²) >= 11 is 5.95. The van der Waals surface area contributed by atoms with E-state index >= 15 is 0 Å². The standard InChI is InChI=1S/C24H19ClN2O2/c1-16-7-11-18(12-8-16)21-22(26-20-5-3-2-4-6-20)24(29)27(23(21)28)15-17-9-13-19(25)14-10-17/h2-14,26H,15H2,1H3. The average molecular weight is 403 g/mol. The predicted octanol–water partition coefficient (Wildman–Crippen LogP) is 5.04. The molecule has 1 N–H and O–H groups in total. The number of halogens is 1. The fourth-order valence-electron chi connectivity index (χ4n) is 3.26. The Labute approximate surface area is 174 Å². The van der Waals surface area contributed by atoms with Gasteiger partial charge >= 0.3 is 0 Å². The summed E-state index contributed by atoms with van der Waals surface area (Å²) in [6.45, 7) is 2.17. The first-order valence-electron chi connectivity index (χ1n) is 9.27. The lowest BCUT2D eigenvalue weighted by Gasteiger charge is -2.15. The van der Waals surface area contributed by atoms with Gasteiger partial charge in [-0.15, -0.1) is 0 Å². The van der Waals surface area contributed by atoms with Crippen molar-refractivity contribution in [2.75, 3.05) is 5.32 Å². The Morgan fingerprint density at radius 1 is 0.828 bits per heavy atom. The van der Waals surface area contributed by atoms with Gasteiger partial charge in [-0.1, -0.05) is 71.8 Å². The molecule has 0 spiro atoms. The van der Waals surface area contributed by atoms with Crippen LogP contribution in [0.5, 0.6) is 0 Å². The lowest BCUT2D eigenvalue weighted by molar-refractivity contribution is -0.137. The van der Waals surface area contributed by atoms with Crippen molar-refractivity contribution < 1.29 is 9.59 Å². The van der Waals surface area contributed by atoms with Crippen LogP contribution in [0.1, 0.15) is 16.7 Å². The number of nitrogens with one attached hydrogen (secondary N) is 1. The second kappa shape index (κ2) is 7.94. The Kier molecular flexibility index (Phi) is 5.19. The number of aryl methyl sites for hydroxylation is 1. The topological polar surface area (TPSA) is 49.4 Å². The monoisotopic (exact) mass is 402 g/mol. The van der Waals surface area contributed by atoms with Crippen molar-refractivity contribution in [1.29, 1.82) is 0 Å². The van der Waals surface area contributed by atoms with E-state index in [9.17, 15) is 9.59 Å². The van der Waals surface area contributed by atoms with Crippen molar-refractivity contribution in [3.05, 3.63) is 106 Å². The van der Waals surface area contributed by atoms with Crippen molar-refractivity contribution in [3.8, 4) is 0 Å². The smallest absolute Gasteiger partial charge is 0.278 e. The van der Waals surface area contributed by atoms with Gasteiger partial charge in [-0.3, -0.25) is 14.5 Å². The first-order valence-corrected chi connectivity index (χ1v) is 9.65. The molecule has 0 unspecified atom stereocenters. The van der Waals surface area contributed by atoms with Crippen molar-refractivity contribution in [2.45, 2.75) is 13.5 Å². The molecule has 4 nitrogen and oxygen atoms in total. The molecule has 0 saturated heterocycles. The van der Waals surface area contributed by atoms with E-state index < -0.39 is 0 Å². The highest BCUT2D eigenvalue weighted by Crippen LogP contribution is 2.31. The van der Waals surface area contributed by atoms with Gasteiger partial charge < -0.3 is 5.32 Å². The lowest BCUT2D eigenvalue weighted by Crippen LogP contribution is -2.32. The third-order valence-corrected chi connectivity index (χ3v) is 5.06. The van der Waals surface area contributed by atoms with E-state index in [1.807, 2.05) is 73.7 Å². The Balaban J connectivity index is 1.72. The number of benzene rings is 3. The minimum absolute atomic E-state index is 0.185. The van der Waals surface area contributed by atoms with Crippen LogP contribution in [-0.4, -0.2) is 16.7 Å². The molecule has 29 heavy (non-hydrogen) atoms. The number of imide groups is 1. The minimum atomic E-state index is -0.343. The second-order valence-corrected chi connectivity index (χ2v) is 7.37. The van der Waals surface area contributed by atoms with Gasteiger partial charge in [0.15, 0.2) is 0 Å². The maximum atomic E-state index is 13.3. The molecule has 2 amide bonds. The summed E-state index contributed by atoms with van der Waals surface area (Å²) in [5, 5.41) is 3.76. The van der Waals surface area contributed by atoms with Crippen molar-refractivity contribution in [3.63, 3.8) is 0 Å². The van der Waals surface area contributed by atoms with Crippen molar-refractivity contribution in [2.24, 2.45) is 0 Å². The summed E-state index contributed by atoms with van der Waals surface area (Å²) in [7, 11) is 0. The number of hydrogen-bond acceptors (Lipinski definition) is 3. The zero-order valence-corrected chi connectivity index (χ0v) is 16.6. The number of para-hydroxylation sites is 1. The Morgan fingerprint density at radius 3 is 2.14 bits per heavy atom. The van der Waals surface area contributed by atoms with E-state index in [0.717, 1.165) is 16.8 Å². The molecule has 0 fully saturated rings. The lowest BCUT2D eigenvalue weighted by atomic mass is 10.0. The highest BCUT2D eigenvalue weighted by atomic mass is 35.5. The van der Waals surface area contributed by atoms with Crippen molar-refractivity contribution in [1.82, 2.24) is 4.90 Å². The SMILES string of the molecule is Cc1ccc(C2=C(Nc3ccccc3)C(=O)N(Cc3ccc(Cl)cc3)C2=O)cc1. The number of carbonyl (C=O) groups excluding carboxylic acids is 2. The number of hydrogen-bond donors (Lipinski definition) is 1. The van der Waals surface area contributed by atoms with Crippen LogP contribution in [0.2, 0.25) is 5.02 Å². The predicted molar refractivity (Wildman–Crippen MR) is 115 cm³/mol. The largest absolute Gasteiger partial charge is 0.350 e. The van der Waals surface area contributed by atoms with Crippen LogP contribution >= 0.6 is 11.6 Å². The molecule has 1 heterocycles. The molecule has 0 saturated carbocycles. The number of nitrogens with zero attached hydrogens (tertiary/aromatic N) is 1. The van der Waals surface area contributed by atoms with Gasteiger partial charge in [-0.25, -0.2) is 0 Å². The first kappa shape index (κ1) is 19.0. The molecule has 3 aromatic carbocycles. The molecule has 144 valence electrons. The molecular formula is C24H19ClN2O2. The van der Waals surface area contributed by atoms with E-state index in [4.69, 9.17) is 11.6 Å². The molecule has 0 aromatic heterocycles. The molecule has 0 aliphatic carbocycles. The molecular weight excluding hydrogens is 384 g/mol. The highest BCUT2D eigenvalue weighted by Gasteiger charge is 2.39. The minimum Gasteiger partial charge on any atom is -0.350 e. The van der Waals surface area contributed by atoms with Gasteiger partial charge in [0, 0.05) is 10.7 Å². The van der Waals surface area contributed by atoms with Crippen LogP contribution in [0.3, 0.4) is 0 Å². The zero-order valence-electron chi connectivity index (χ0n) is 15.9. The third kappa shape index (κ3) is 3.93. The normalized spacial score (nSPS) is 13.9. The summed E-state index contributed by atoms with van der Waals surface area (Å²) in [6.07, 6.45) is 0. The molecule has 0 radical (unpaired) electrons.